The SMILES string of the molecule is CCCCCCCCC(CCCCCCCCC(=O)OCCCOC(=O)CCCCCCCCC(CCCCCCCC)SCCO)SCCO. The van der Waals surface area contributed by atoms with Gasteiger partial charge in [0.25, 0.3) is 0 Å². The van der Waals surface area contributed by atoms with Crippen molar-refractivity contribution in [3.05, 3.63) is 0 Å². The molecule has 0 aromatic rings. The van der Waals surface area contributed by atoms with Crippen LogP contribution in [-0.2, 0) is 19.1 Å². The third kappa shape index (κ3) is 39.1. The van der Waals surface area contributed by atoms with Crippen LogP contribution in [0.4, 0.5) is 0 Å². The van der Waals surface area contributed by atoms with Crippen molar-refractivity contribution >= 4 is 35.5 Å². The van der Waals surface area contributed by atoms with Gasteiger partial charge in [-0.2, -0.15) is 23.5 Å². The van der Waals surface area contributed by atoms with Crippen molar-refractivity contribution in [3.63, 3.8) is 0 Å². The van der Waals surface area contributed by atoms with Gasteiger partial charge in [0.15, 0.2) is 0 Å². The van der Waals surface area contributed by atoms with Crippen LogP contribution in [0.2, 0.25) is 0 Å². The molecule has 8 heteroatoms. The molecule has 0 fully saturated rings. The summed E-state index contributed by atoms with van der Waals surface area (Å²) in [5.74, 6) is 1.43. The monoisotopic (exact) mass is 761 g/mol. The molecule has 2 N–H and O–H groups in total. The van der Waals surface area contributed by atoms with Gasteiger partial charge in [0, 0.05) is 41.3 Å². The van der Waals surface area contributed by atoms with Crippen molar-refractivity contribution in [1.82, 2.24) is 0 Å². The van der Waals surface area contributed by atoms with Crippen LogP contribution in [0.1, 0.15) is 213 Å². The van der Waals surface area contributed by atoms with Crippen molar-refractivity contribution < 1.29 is 29.3 Å². The molecule has 0 aliphatic carbocycles. The third-order valence-electron chi connectivity index (χ3n) is 9.78. The molecule has 0 aliphatic rings. The number of aliphatic hydroxyl groups excluding tert-OH is 2. The highest BCUT2D eigenvalue weighted by Crippen LogP contribution is 2.25. The van der Waals surface area contributed by atoms with Gasteiger partial charge in [0.05, 0.1) is 26.4 Å². The zero-order valence-corrected chi connectivity index (χ0v) is 35.3. The first-order chi connectivity index (χ1) is 25.1. The Morgan fingerprint density at radius 2 is 0.725 bits per heavy atom. The van der Waals surface area contributed by atoms with Gasteiger partial charge in [-0.3, -0.25) is 9.59 Å². The van der Waals surface area contributed by atoms with Crippen LogP contribution in [0.5, 0.6) is 0 Å². The smallest absolute Gasteiger partial charge is 0.305 e. The van der Waals surface area contributed by atoms with E-state index in [4.69, 9.17) is 9.47 Å². The predicted octanol–water partition coefficient (Wildman–Crippen LogP) is 12.4. The lowest BCUT2D eigenvalue weighted by atomic mass is 10.0. The average molecular weight is 761 g/mol. The summed E-state index contributed by atoms with van der Waals surface area (Å²) >= 11 is 3.91. The van der Waals surface area contributed by atoms with Gasteiger partial charge in [-0.05, 0) is 38.5 Å². The van der Waals surface area contributed by atoms with Crippen molar-refractivity contribution in [3.8, 4) is 0 Å². The molecular weight excluding hydrogens is 677 g/mol. The van der Waals surface area contributed by atoms with E-state index in [0.717, 1.165) is 37.2 Å². The lowest BCUT2D eigenvalue weighted by molar-refractivity contribution is -0.146. The summed E-state index contributed by atoms with van der Waals surface area (Å²) in [6, 6.07) is 0. The maximum Gasteiger partial charge on any atom is 0.305 e. The van der Waals surface area contributed by atoms with Gasteiger partial charge in [-0.25, -0.2) is 0 Å². The quantitative estimate of drug-likeness (QED) is 0.0469. The second kappa shape index (κ2) is 42.3. The molecule has 2 unspecified atom stereocenters. The Labute approximate surface area is 324 Å². The molecule has 0 aromatic heterocycles. The zero-order chi connectivity index (χ0) is 37.3. The van der Waals surface area contributed by atoms with Crippen LogP contribution < -0.4 is 0 Å². The van der Waals surface area contributed by atoms with Crippen molar-refractivity contribution in [2.75, 3.05) is 37.9 Å². The number of esters is 2. The molecular formula is C43H84O6S2. The standard InChI is InChI=1S/C43H84O6S2/c1-3-5-7-9-15-21-28-40(50-38-34-44)30-23-17-11-13-19-25-32-42(46)48-36-27-37-49-43(47)33-26-20-14-12-18-24-31-41(51-39-35-45)29-22-16-10-8-6-4-2/h40-41,44-45H,3-39H2,1-2H3. The zero-order valence-electron chi connectivity index (χ0n) is 33.7. The maximum absolute atomic E-state index is 12.1. The predicted molar refractivity (Wildman–Crippen MR) is 223 cm³/mol. The first kappa shape index (κ1) is 50.6. The highest BCUT2D eigenvalue weighted by atomic mass is 32.2. The summed E-state index contributed by atoms with van der Waals surface area (Å²) < 4.78 is 10.7. The Morgan fingerprint density at radius 1 is 0.431 bits per heavy atom. The molecule has 0 amide bonds. The molecule has 0 aliphatic heterocycles. The number of hydrogen-bond acceptors (Lipinski definition) is 8. The highest BCUT2D eigenvalue weighted by Gasteiger charge is 2.11. The number of carbonyl (C=O) groups is 2. The Bertz CT molecular complexity index is 667. The first-order valence-corrected chi connectivity index (χ1v) is 23.9. The Hall–Kier alpha value is -0.440. The van der Waals surface area contributed by atoms with Crippen LogP contribution in [0.15, 0.2) is 0 Å². The molecule has 0 saturated heterocycles. The number of aliphatic hydroxyl groups is 2. The van der Waals surface area contributed by atoms with E-state index < -0.39 is 0 Å². The van der Waals surface area contributed by atoms with Gasteiger partial charge in [0.2, 0.25) is 0 Å². The number of unbranched alkanes of at least 4 members (excludes halogenated alkanes) is 20. The number of rotatable bonds is 42. The Kier molecular flexibility index (Phi) is 41.9. The van der Waals surface area contributed by atoms with Crippen molar-refractivity contribution in [1.29, 1.82) is 0 Å². The summed E-state index contributed by atoms with van der Waals surface area (Å²) in [6.45, 7) is 5.72. The fourth-order valence-corrected chi connectivity index (χ4v) is 8.85. The highest BCUT2D eigenvalue weighted by molar-refractivity contribution is 8.00. The molecule has 304 valence electrons. The van der Waals surface area contributed by atoms with Crippen LogP contribution in [0.25, 0.3) is 0 Å². The van der Waals surface area contributed by atoms with E-state index in [1.54, 1.807) is 0 Å². The molecule has 0 radical (unpaired) electrons. The molecule has 51 heavy (non-hydrogen) atoms. The lowest BCUT2D eigenvalue weighted by Gasteiger charge is -2.16. The van der Waals surface area contributed by atoms with Crippen LogP contribution >= 0.6 is 23.5 Å². The second-order valence-corrected chi connectivity index (χ2v) is 17.5. The Morgan fingerprint density at radius 3 is 1.04 bits per heavy atom. The fraction of sp³-hybridized carbons (Fsp3) is 0.953. The second-order valence-electron chi connectivity index (χ2n) is 14.7. The molecule has 0 heterocycles. The van der Waals surface area contributed by atoms with Crippen molar-refractivity contribution in [2.24, 2.45) is 0 Å². The van der Waals surface area contributed by atoms with Gasteiger partial charge >= 0.3 is 11.9 Å². The first-order valence-electron chi connectivity index (χ1n) is 21.8. The largest absolute Gasteiger partial charge is 0.466 e. The topological polar surface area (TPSA) is 93.1 Å². The van der Waals surface area contributed by atoms with Crippen LogP contribution in [0, 0.1) is 0 Å². The summed E-state index contributed by atoms with van der Waals surface area (Å²) in [5.41, 5.74) is 0. The van der Waals surface area contributed by atoms with Gasteiger partial charge in [-0.1, -0.05) is 155 Å². The number of ether oxygens (including phenoxy) is 2. The fourth-order valence-electron chi connectivity index (χ4n) is 6.64. The normalized spacial score (nSPS) is 12.6. The average Bonchev–Trinajstić information content (AvgIpc) is 3.13. The van der Waals surface area contributed by atoms with Gasteiger partial charge in [0.1, 0.15) is 0 Å². The van der Waals surface area contributed by atoms with Gasteiger partial charge < -0.3 is 19.7 Å². The summed E-state index contributed by atoms with van der Waals surface area (Å²) in [7, 11) is 0. The number of carbonyl (C=O) groups excluding carboxylic acids is 2. The van der Waals surface area contributed by atoms with Crippen LogP contribution in [-0.4, -0.2) is 70.6 Å². The lowest BCUT2D eigenvalue weighted by Crippen LogP contribution is -2.10. The third-order valence-corrected chi connectivity index (χ3v) is 12.5. The van der Waals surface area contributed by atoms with E-state index in [9.17, 15) is 19.8 Å². The molecule has 0 spiro atoms. The van der Waals surface area contributed by atoms with E-state index in [0.29, 0.717) is 43.0 Å². The molecule has 2 atom stereocenters. The summed E-state index contributed by atoms with van der Waals surface area (Å²) in [5, 5.41) is 19.9. The molecule has 0 aromatic carbocycles. The maximum atomic E-state index is 12.1. The van der Waals surface area contributed by atoms with E-state index in [-0.39, 0.29) is 25.2 Å². The molecule has 6 nitrogen and oxygen atoms in total. The summed E-state index contributed by atoms with van der Waals surface area (Å²) in [6.07, 6.45) is 36.4. The molecule has 0 rings (SSSR count). The Balaban J connectivity index is 3.64. The van der Waals surface area contributed by atoms with Crippen LogP contribution in [0.3, 0.4) is 0 Å². The summed E-state index contributed by atoms with van der Waals surface area (Å²) in [4.78, 5) is 24.1. The minimum Gasteiger partial charge on any atom is -0.466 e. The van der Waals surface area contributed by atoms with E-state index in [2.05, 4.69) is 13.8 Å². The molecule has 0 saturated carbocycles. The minimum atomic E-state index is -0.142. The number of thioether (sulfide) groups is 2. The minimum absolute atomic E-state index is 0.142. The van der Waals surface area contributed by atoms with E-state index in [1.165, 1.54) is 154 Å². The van der Waals surface area contributed by atoms with Gasteiger partial charge in [-0.15, -0.1) is 0 Å². The molecule has 0 bridgehead atoms. The van der Waals surface area contributed by atoms with E-state index >= 15 is 0 Å². The number of hydrogen-bond donors (Lipinski definition) is 2. The van der Waals surface area contributed by atoms with E-state index in [1.807, 2.05) is 23.5 Å². The van der Waals surface area contributed by atoms with Crippen molar-refractivity contribution in [2.45, 2.75) is 223 Å².